The average Bonchev–Trinajstić information content (AvgIpc) is 2.04. The largest absolute Gasteiger partial charge is 0.240 e. The number of pyridine rings is 1. The number of aryl methyl sites for hydroxylation is 1. The van der Waals surface area contributed by atoms with Crippen LogP contribution in [0.1, 0.15) is 18.7 Å². The lowest BCUT2D eigenvalue weighted by Crippen LogP contribution is -2.39. The molecule has 0 aliphatic rings. The Kier molecular flexibility index (Phi) is 2.22. The third-order valence-electron chi connectivity index (χ3n) is 1.71. The summed E-state index contributed by atoms with van der Waals surface area (Å²) < 4.78 is 1.94. The van der Waals surface area contributed by atoms with E-state index in [-0.39, 0.29) is 6.04 Å². The molecule has 2 heteroatoms. The Morgan fingerprint density at radius 1 is 1.55 bits per heavy atom. The van der Waals surface area contributed by atoms with Gasteiger partial charge in [-0.2, -0.15) is 9.83 Å². The fourth-order valence-electron chi connectivity index (χ4n) is 1.04. The quantitative estimate of drug-likeness (QED) is 0.551. The van der Waals surface area contributed by atoms with Crippen LogP contribution in [0.5, 0.6) is 0 Å². The Labute approximate surface area is 66.7 Å². The summed E-state index contributed by atoms with van der Waals surface area (Å²) in [5.74, 6) is 0. The molecule has 1 atom stereocenters. The molecule has 1 rings (SSSR count). The van der Waals surface area contributed by atoms with E-state index in [1.807, 2.05) is 42.8 Å². The third kappa shape index (κ3) is 1.56. The van der Waals surface area contributed by atoms with Gasteiger partial charge < -0.3 is 0 Å². The van der Waals surface area contributed by atoms with Gasteiger partial charge in [0.05, 0.1) is 0 Å². The van der Waals surface area contributed by atoms with Crippen molar-refractivity contribution in [1.82, 2.24) is 0 Å². The highest BCUT2D eigenvalue weighted by atomic mass is 15.0. The van der Waals surface area contributed by atoms with Crippen molar-refractivity contribution in [2.45, 2.75) is 19.9 Å². The van der Waals surface area contributed by atoms with Crippen molar-refractivity contribution in [1.29, 1.82) is 5.26 Å². The van der Waals surface area contributed by atoms with Gasteiger partial charge in [0.1, 0.15) is 6.07 Å². The molecule has 56 valence electrons. The Bertz CT molecular complexity index is 286. The molecule has 1 aromatic heterocycles. The molecule has 0 aliphatic heterocycles. The summed E-state index contributed by atoms with van der Waals surface area (Å²) in [7, 11) is 0. The number of hydrogen-bond donors (Lipinski definition) is 0. The van der Waals surface area contributed by atoms with Crippen molar-refractivity contribution in [2.75, 3.05) is 0 Å². The maximum absolute atomic E-state index is 8.64. The van der Waals surface area contributed by atoms with Gasteiger partial charge in [-0.05, 0) is 0 Å². The smallest absolute Gasteiger partial charge is 0.191 e. The van der Waals surface area contributed by atoms with Crippen molar-refractivity contribution < 1.29 is 4.57 Å². The van der Waals surface area contributed by atoms with Gasteiger partial charge in [0.2, 0.25) is 6.04 Å². The van der Waals surface area contributed by atoms with Crippen LogP contribution in [0.25, 0.3) is 0 Å². The highest BCUT2D eigenvalue weighted by molar-refractivity contribution is 4.95. The van der Waals surface area contributed by atoms with Crippen LogP contribution in [0.2, 0.25) is 0 Å². The van der Waals surface area contributed by atoms with Gasteiger partial charge in [0.15, 0.2) is 11.9 Å². The predicted molar refractivity (Wildman–Crippen MR) is 41.7 cm³/mol. The number of nitriles is 1. The second-order valence-electron chi connectivity index (χ2n) is 2.55. The molecule has 1 aromatic rings. The lowest BCUT2D eigenvalue weighted by molar-refractivity contribution is -0.712. The highest BCUT2D eigenvalue weighted by Gasteiger charge is 2.11. The molecule has 11 heavy (non-hydrogen) atoms. The van der Waals surface area contributed by atoms with E-state index in [2.05, 4.69) is 6.07 Å². The molecule has 1 unspecified atom stereocenters. The van der Waals surface area contributed by atoms with E-state index in [0.717, 1.165) is 5.69 Å². The van der Waals surface area contributed by atoms with Gasteiger partial charge in [-0.25, -0.2) is 0 Å². The average molecular weight is 147 g/mol. The van der Waals surface area contributed by atoms with Crippen molar-refractivity contribution >= 4 is 0 Å². The van der Waals surface area contributed by atoms with Gasteiger partial charge in [-0.3, -0.25) is 0 Å². The van der Waals surface area contributed by atoms with Crippen LogP contribution in [0.3, 0.4) is 0 Å². The second-order valence-corrected chi connectivity index (χ2v) is 2.55. The molecular formula is C9H11N2+. The molecular weight excluding hydrogens is 136 g/mol. The molecule has 0 spiro atoms. The normalized spacial score (nSPS) is 12.1. The van der Waals surface area contributed by atoms with Crippen LogP contribution >= 0.6 is 0 Å². The number of nitrogens with zero attached hydrogens (tertiary/aromatic N) is 2. The fraction of sp³-hybridized carbons (Fsp3) is 0.333. The van der Waals surface area contributed by atoms with E-state index >= 15 is 0 Å². The van der Waals surface area contributed by atoms with E-state index in [1.54, 1.807) is 0 Å². The first-order valence-corrected chi connectivity index (χ1v) is 3.62. The summed E-state index contributed by atoms with van der Waals surface area (Å²) in [6.07, 6.45) is 1.92. The monoisotopic (exact) mass is 147 g/mol. The molecule has 0 saturated heterocycles. The molecule has 0 aliphatic carbocycles. The van der Waals surface area contributed by atoms with Gasteiger partial charge in [0.25, 0.3) is 0 Å². The SMILES string of the molecule is Cc1cccc[n+]1C(C)C#N. The zero-order valence-electron chi connectivity index (χ0n) is 6.78. The molecule has 0 N–H and O–H groups in total. The Morgan fingerprint density at radius 3 is 2.82 bits per heavy atom. The molecule has 0 aromatic carbocycles. The van der Waals surface area contributed by atoms with Crippen molar-refractivity contribution in [3.63, 3.8) is 0 Å². The van der Waals surface area contributed by atoms with Gasteiger partial charge >= 0.3 is 0 Å². The van der Waals surface area contributed by atoms with Gasteiger partial charge in [0, 0.05) is 26.0 Å². The molecule has 0 amide bonds. The Balaban J connectivity index is 3.05. The standard InChI is InChI=1S/C9H11N2/c1-8-5-3-4-6-11(8)9(2)7-10/h3-6,9H,1-2H3/q+1. The van der Waals surface area contributed by atoms with Crippen molar-refractivity contribution in [3.8, 4) is 6.07 Å². The van der Waals surface area contributed by atoms with Crippen LogP contribution in [0, 0.1) is 18.3 Å². The minimum Gasteiger partial charge on any atom is -0.191 e. The zero-order chi connectivity index (χ0) is 8.27. The zero-order valence-corrected chi connectivity index (χ0v) is 6.78. The molecule has 0 saturated carbocycles. The summed E-state index contributed by atoms with van der Waals surface area (Å²) in [5, 5.41) is 8.64. The van der Waals surface area contributed by atoms with E-state index in [0.29, 0.717) is 0 Å². The summed E-state index contributed by atoms with van der Waals surface area (Å²) >= 11 is 0. The maximum atomic E-state index is 8.64. The van der Waals surface area contributed by atoms with Crippen molar-refractivity contribution in [3.05, 3.63) is 30.1 Å². The molecule has 1 heterocycles. The predicted octanol–water partition coefficient (Wildman–Crippen LogP) is 1.37. The van der Waals surface area contributed by atoms with Crippen LogP contribution in [0.15, 0.2) is 24.4 Å². The first-order valence-electron chi connectivity index (χ1n) is 3.62. The summed E-state index contributed by atoms with van der Waals surface area (Å²) in [6, 6.07) is 8.01. The molecule has 0 radical (unpaired) electrons. The van der Waals surface area contributed by atoms with Gasteiger partial charge in [-0.1, -0.05) is 6.07 Å². The third-order valence-corrected chi connectivity index (χ3v) is 1.71. The number of aromatic nitrogens is 1. The first kappa shape index (κ1) is 7.74. The molecule has 0 fully saturated rings. The Hall–Kier alpha value is -1.36. The highest BCUT2D eigenvalue weighted by Crippen LogP contribution is 1.95. The van der Waals surface area contributed by atoms with Crippen LogP contribution in [0.4, 0.5) is 0 Å². The molecule has 2 nitrogen and oxygen atoms in total. The summed E-state index contributed by atoms with van der Waals surface area (Å²) in [6.45, 7) is 3.88. The van der Waals surface area contributed by atoms with E-state index in [9.17, 15) is 0 Å². The van der Waals surface area contributed by atoms with Crippen LogP contribution in [-0.4, -0.2) is 0 Å². The first-order chi connectivity index (χ1) is 5.25. The van der Waals surface area contributed by atoms with Gasteiger partial charge in [-0.15, -0.1) is 0 Å². The lowest BCUT2D eigenvalue weighted by atomic mass is 10.3. The van der Waals surface area contributed by atoms with Crippen LogP contribution < -0.4 is 4.57 Å². The molecule has 0 bridgehead atoms. The second kappa shape index (κ2) is 3.16. The van der Waals surface area contributed by atoms with E-state index in [1.165, 1.54) is 0 Å². The number of hydrogen-bond acceptors (Lipinski definition) is 1. The topological polar surface area (TPSA) is 27.7 Å². The summed E-state index contributed by atoms with van der Waals surface area (Å²) in [4.78, 5) is 0. The minimum atomic E-state index is -0.0730. The summed E-state index contributed by atoms with van der Waals surface area (Å²) in [5.41, 5.74) is 1.11. The Morgan fingerprint density at radius 2 is 2.27 bits per heavy atom. The van der Waals surface area contributed by atoms with E-state index in [4.69, 9.17) is 5.26 Å². The van der Waals surface area contributed by atoms with Crippen molar-refractivity contribution in [2.24, 2.45) is 0 Å². The fourth-order valence-corrected chi connectivity index (χ4v) is 1.04. The van der Waals surface area contributed by atoms with E-state index < -0.39 is 0 Å². The van der Waals surface area contributed by atoms with Crippen LogP contribution in [-0.2, 0) is 0 Å². The number of rotatable bonds is 1. The minimum absolute atomic E-state index is 0.0730. The lowest BCUT2D eigenvalue weighted by Gasteiger charge is -1.99. The maximum Gasteiger partial charge on any atom is 0.240 e.